The number of nitrogens with zero attached hydrogens (tertiary/aromatic N) is 2. The van der Waals surface area contributed by atoms with E-state index in [9.17, 15) is 9.59 Å². The van der Waals surface area contributed by atoms with Gasteiger partial charge in [0.15, 0.2) is 0 Å². The summed E-state index contributed by atoms with van der Waals surface area (Å²) in [6.45, 7) is 2.13. The zero-order valence-electron chi connectivity index (χ0n) is 14.2. The normalized spacial score (nSPS) is 13.3. The van der Waals surface area contributed by atoms with Crippen LogP contribution in [0, 0.1) is 6.92 Å². The smallest absolute Gasteiger partial charge is 0.337 e. The number of thiazole rings is 1. The van der Waals surface area contributed by atoms with Crippen LogP contribution in [-0.4, -0.2) is 33.5 Å². The van der Waals surface area contributed by atoms with Gasteiger partial charge in [-0.15, -0.1) is 11.3 Å². The van der Waals surface area contributed by atoms with Gasteiger partial charge in [-0.2, -0.15) is 0 Å². The molecule has 1 amide bonds. The first-order valence-corrected chi connectivity index (χ1v) is 9.33. The molecule has 0 atom stereocenters. The van der Waals surface area contributed by atoms with E-state index in [2.05, 4.69) is 10.3 Å². The summed E-state index contributed by atoms with van der Waals surface area (Å²) in [5.41, 5.74) is 1.97. The Morgan fingerprint density at radius 1 is 1.24 bits per heavy atom. The van der Waals surface area contributed by atoms with Crippen molar-refractivity contribution < 1.29 is 14.7 Å². The fourth-order valence-electron chi connectivity index (χ4n) is 2.96. The van der Waals surface area contributed by atoms with E-state index in [1.165, 1.54) is 35.5 Å². The van der Waals surface area contributed by atoms with E-state index in [0.29, 0.717) is 12.2 Å². The first kappa shape index (κ1) is 17.5. The molecular formula is C18H21N3O3S. The average Bonchev–Trinajstić information content (AvgIpc) is 3.00. The molecule has 0 unspecified atom stereocenters. The number of aromatic carboxylic acids is 1. The highest BCUT2D eigenvalue weighted by Gasteiger charge is 2.15. The van der Waals surface area contributed by atoms with Crippen molar-refractivity contribution in [3.63, 3.8) is 0 Å². The van der Waals surface area contributed by atoms with Crippen molar-refractivity contribution in [2.75, 3.05) is 6.54 Å². The maximum atomic E-state index is 12.1. The number of pyridine rings is 1. The third-order valence-electron chi connectivity index (χ3n) is 4.29. The summed E-state index contributed by atoms with van der Waals surface area (Å²) in [5.74, 6) is -1.32. The predicted molar refractivity (Wildman–Crippen MR) is 95.3 cm³/mol. The molecule has 1 aliphatic carbocycles. The van der Waals surface area contributed by atoms with Gasteiger partial charge in [0.25, 0.3) is 5.91 Å². The molecule has 6 nitrogen and oxygen atoms in total. The Morgan fingerprint density at radius 2 is 2.04 bits per heavy atom. The number of aromatic nitrogens is 2. The monoisotopic (exact) mass is 359 g/mol. The number of carboxylic acids is 1. The minimum Gasteiger partial charge on any atom is -0.478 e. The molecule has 0 aliphatic heterocycles. The van der Waals surface area contributed by atoms with E-state index in [0.717, 1.165) is 30.7 Å². The van der Waals surface area contributed by atoms with Gasteiger partial charge in [-0.3, -0.25) is 4.79 Å². The molecule has 2 aromatic rings. The second-order valence-corrected chi connectivity index (χ2v) is 7.35. The lowest BCUT2D eigenvalue weighted by Crippen LogP contribution is -2.26. The van der Waals surface area contributed by atoms with Crippen molar-refractivity contribution in [2.24, 2.45) is 0 Å². The Hall–Kier alpha value is -2.28. The van der Waals surface area contributed by atoms with Crippen LogP contribution in [0.5, 0.6) is 0 Å². The molecule has 2 aromatic heterocycles. The minimum absolute atomic E-state index is 0.115. The molecule has 0 saturated heterocycles. The number of carbonyl (C=O) groups is 2. The lowest BCUT2D eigenvalue weighted by atomic mass is 10.0. The maximum absolute atomic E-state index is 12.1. The number of amides is 1. The maximum Gasteiger partial charge on any atom is 0.337 e. The highest BCUT2D eigenvalue weighted by molar-refractivity contribution is 7.11. The first-order chi connectivity index (χ1) is 12.0. The Balaban J connectivity index is 1.48. The van der Waals surface area contributed by atoms with Crippen LogP contribution in [0.2, 0.25) is 0 Å². The molecule has 132 valence electrons. The summed E-state index contributed by atoms with van der Waals surface area (Å²) >= 11 is 1.81. The Morgan fingerprint density at radius 3 is 2.76 bits per heavy atom. The summed E-state index contributed by atoms with van der Waals surface area (Å²) in [4.78, 5) is 33.3. The van der Waals surface area contributed by atoms with Gasteiger partial charge in [0.2, 0.25) is 0 Å². The quantitative estimate of drug-likeness (QED) is 0.774. The number of carboxylic acid groups (broad SMARTS) is 1. The zero-order valence-corrected chi connectivity index (χ0v) is 15.0. The van der Waals surface area contributed by atoms with Gasteiger partial charge in [0, 0.05) is 17.8 Å². The van der Waals surface area contributed by atoms with E-state index >= 15 is 0 Å². The van der Waals surface area contributed by atoms with Gasteiger partial charge in [-0.05, 0) is 51.2 Å². The van der Waals surface area contributed by atoms with Gasteiger partial charge in [0.05, 0.1) is 22.0 Å². The van der Waals surface area contributed by atoms with E-state index in [1.807, 2.05) is 0 Å². The first-order valence-electron chi connectivity index (χ1n) is 8.51. The van der Waals surface area contributed by atoms with Crippen LogP contribution in [-0.2, 0) is 19.3 Å². The highest BCUT2D eigenvalue weighted by atomic mass is 32.1. The molecule has 0 fully saturated rings. The standard InChI is InChI=1S/C18H21N3O3S/c1-11-12(18(23)24)8-9-14(20-11)17(22)19-10-4-7-16-21-13-5-2-3-6-15(13)25-16/h8-9H,2-7,10H2,1H3,(H,19,22)(H,23,24). The number of fused-ring (bicyclic) bond motifs is 1. The topological polar surface area (TPSA) is 92.2 Å². The lowest BCUT2D eigenvalue weighted by molar-refractivity contribution is 0.0694. The molecule has 0 bridgehead atoms. The summed E-state index contributed by atoms with van der Waals surface area (Å²) in [7, 11) is 0. The lowest BCUT2D eigenvalue weighted by Gasteiger charge is -2.06. The van der Waals surface area contributed by atoms with E-state index in [-0.39, 0.29) is 17.2 Å². The fourth-order valence-corrected chi connectivity index (χ4v) is 4.16. The van der Waals surface area contributed by atoms with Crippen LogP contribution in [0.15, 0.2) is 12.1 Å². The Bertz CT molecular complexity index is 777. The van der Waals surface area contributed by atoms with Gasteiger partial charge in [-0.1, -0.05) is 0 Å². The number of aryl methyl sites for hydroxylation is 4. The molecule has 0 aromatic carbocycles. The van der Waals surface area contributed by atoms with E-state index in [1.54, 1.807) is 18.3 Å². The predicted octanol–water partition coefficient (Wildman–Crippen LogP) is 2.79. The average molecular weight is 359 g/mol. The number of rotatable bonds is 6. The van der Waals surface area contributed by atoms with Crippen LogP contribution >= 0.6 is 11.3 Å². The van der Waals surface area contributed by atoms with Gasteiger partial charge >= 0.3 is 5.97 Å². The molecule has 2 heterocycles. The molecule has 0 spiro atoms. The SMILES string of the molecule is Cc1nc(C(=O)NCCCc2nc3c(s2)CCCC3)ccc1C(=O)O. The largest absolute Gasteiger partial charge is 0.478 e. The van der Waals surface area contributed by atoms with Gasteiger partial charge in [0.1, 0.15) is 5.69 Å². The molecule has 0 radical (unpaired) electrons. The van der Waals surface area contributed by atoms with Crippen LogP contribution in [0.4, 0.5) is 0 Å². The molecule has 3 rings (SSSR count). The van der Waals surface area contributed by atoms with Crippen molar-refractivity contribution in [3.8, 4) is 0 Å². The van der Waals surface area contributed by atoms with E-state index < -0.39 is 5.97 Å². The van der Waals surface area contributed by atoms with Crippen molar-refractivity contribution in [1.82, 2.24) is 15.3 Å². The molecule has 2 N–H and O–H groups in total. The molecular weight excluding hydrogens is 338 g/mol. The van der Waals surface area contributed by atoms with Crippen molar-refractivity contribution in [1.29, 1.82) is 0 Å². The zero-order chi connectivity index (χ0) is 17.8. The van der Waals surface area contributed by atoms with Crippen molar-refractivity contribution >= 4 is 23.2 Å². The molecule has 25 heavy (non-hydrogen) atoms. The van der Waals surface area contributed by atoms with Crippen molar-refractivity contribution in [3.05, 3.63) is 44.7 Å². The summed E-state index contributed by atoms with van der Waals surface area (Å²) in [6, 6.07) is 2.86. The summed E-state index contributed by atoms with van der Waals surface area (Å²) in [6.07, 6.45) is 6.44. The molecule has 7 heteroatoms. The number of hydrogen-bond donors (Lipinski definition) is 2. The third-order valence-corrected chi connectivity index (χ3v) is 5.51. The number of nitrogens with one attached hydrogen (secondary N) is 1. The van der Waals surface area contributed by atoms with Crippen molar-refractivity contribution in [2.45, 2.75) is 45.4 Å². The molecule has 1 aliphatic rings. The van der Waals surface area contributed by atoms with Crippen LogP contribution in [0.3, 0.4) is 0 Å². The number of hydrogen-bond acceptors (Lipinski definition) is 5. The summed E-state index contributed by atoms with van der Waals surface area (Å²) < 4.78 is 0. The fraction of sp³-hybridized carbons (Fsp3) is 0.444. The van der Waals surface area contributed by atoms with Crippen LogP contribution in [0.1, 0.15) is 61.4 Å². The second-order valence-electron chi connectivity index (χ2n) is 6.18. The Kier molecular flexibility index (Phi) is 5.43. The minimum atomic E-state index is -1.04. The van der Waals surface area contributed by atoms with E-state index in [4.69, 9.17) is 10.1 Å². The Labute approximate surface area is 150 Å². The third kappa shape index (κ3) is 4.22. The van der Waals surface area contributed by atoms with Crippen LogP contribution < -0.4 is 5.32 Å². The highest BCUT2D eigenvalue weighted by Crippen LogP contribution is 2.27. The van der Waals surface area contributed by atoms with Gasteiger partial charge < -0.3 is 10.4 Å². The van der Waals surface area contributed by atoms with Gasteiger partial charge in [-0.25, -0.2) is 14.8 Å². The molecule has 0 saturated carbocycles. The number of carbonyl (C=O) groups excluding carboxylic acids is 1. The van der Waals surface area contributed by atoms with Crippen LogP contribution in [0.25, 0.3) is 0 Å². The second kappa shape index (κ2) is 7.74. The summed E-state index contributed by atoms with van der Waals surface area (Å²) in [5, 5.41) is 13.0.